The van der Waals surface area contributed by atoms with Crippen LogP contribution in [0, 0.1) is 0 Å². The average molecular weight is 416 g/mol. The SMILES string of the molecule is CN(c1nccc(C(F)(F)F)n1)C1CCCN(Cc2ccc(OC(F)F)cc2)C1. The summed E-state index contributed by atoms with van der Waals surface area (Å²) in [7, 11) is 1.69. The van der Waals surface area contributed by atoms with Gasteiger partial charge in [0.1, 0.15) is 11.4 Å². The molecule has 0 amide bonds. The van der Waals surface area contributed by atoms with Crippen molar-refractivity contribution in [2.45, 2.75) is 38.2 Å². The summed E-state index contributed by atoms with van der Waals surface area (Å²) < 4.78 is 67.5. The van der Waals surface area contributed by atoms with Gasteiger partial charge in [-0.25, -0.2) is 9.97 Å². The molecule has 1 atom stereocenters. The van der Waals surface area contributed by atoms with Crippen molar-refractivity contribution in [3.8, 4) is 5.75 Å². The molecule has 0 bridgehead atoms. The van der Waals surface area contributed by atoms with E-state index in [1.54, 1.807) is 24.1 Å². The number of halogens is 5. The highest BCUT2D eigenvalue weighted by Crippen LogP contribution is 2.29. The Hall–Kier alpha value is -2.49. The summed E-state index contributed by atoms with van der Waals surface area (Å²) in [5, 5.41) is 0. The second-order valence-electron chi connectivity index (χ2n) is 6.90. The van der Waals surface area contributed by atoms with E-state index >= 15 is 0 Å². The maximum atomic E-state index is 12.9. The molecule has 3 rings (SSSR count). The number of hydrogen-bond donors (Lipinski definition) is 0. The number of alkyl halides is 5. The lowest BCUT2D eigenvalue weighted by Gasteiger charge is -2.37. The molecule has 0 radical (unpaired) electrons. The number of likely N-dealkylation sites (tertiary alicyclic amines) is 1. The van der Waals surface area contributed by atoms with E-state index in [0.29, 0.717) is 13.1 Å². The zero-order valence-electron chi connectivity index (χ0n) is 15.7. The van der Waals surface area contributed by atoms with E-state index in [4.69, 9.17) is 0 Å². The third kappa shape index (κ3) is 5.75. The van der Waals surface area contributed by atoms with Crippen LogP contribution in [0.5, 0.6) is 5.75 Å². The highest BCUT2D eigenvalue weighted by molar-refractivity contribution is 5.32. The Balaban J connectivity index is 1.63. The zero-order valence-corrected chi connectivity index (χ0v) is 15.7. The number of rotatable bonds is 6. The first-order valence-electron chi connectivity index (χ1n) is 9.11. The van der Waals surface area contributed by atoms with Crippen LogP contribution < -0.4 is 9.64 Å². The summed E-state index contributed by atoms with van der Waals surface area (Å²) in [5.74, 6) is 0.141. The number of anilines is 1. The van der Waals surface area contributed by atoms with Crippen LogP contribution in [-0.4, -0.2) is 47.7 Å². The lowest BCUT2D eigenvalue weighted by atomic mass is 10.0. The molecule has 2 heterocycles. The largest absolute Gasteiger partial charge is 0.435 e. The zero-order chi connectivity index (χ0) is 21.0. The number of hydrogen-bond acceptors (Lipinski definition) is 5. The normalized spacial score (nSPS) is 18.1. The number of ether oxygens (including phenoxy) is 1. The molecule has 0 saturated carbocycles. The number of piperidine rings is 1. The Labute approximate surface area is 165 Å². The van der Waals surface area contributed by atoms with Gasteiger partial charge in [-0.3, -0.25) is 4.90 Å². The molecule has 29 heavy (non-hydrogen) atoms. The van der Waals surface area contributed by atoms with Crippen LogP contribution in [0.2, 0.25) is 0 Å². The maximum absolute atomic E-state index is 12.9. The molecule has 158 valence electrons. The fourth-order valence-corrected chi connectivity index (χ4v) is 3.36. The fraction of sp³-hybridized carbons (Fsp3) is 0.474. The van der Waals surface area contributed by atoms with Crippen LogP contribution in [0.4, 0.5) is 27.9 Å². The van der Waals surface area contributed by atoms with E-state index in [0.717, 1.165) is 37.2 Å². The number of aromatic nitrogens is 2. The van der Waals surface area contributed by atoms with Gasteiger partial charge >= 0.3 is 12.8 Å². The van der Waals surface area contributed by atoms with Gasteiger partial charge in [0.2, 0.25) is 5.95 Å². The summed E-state index contributed by atoms with van der Waals surface area (Å²) in [6.07, 6.45) is -1.71. The van der Waals surface area contributed by atoms with Crippen molar-refractivity contribution < 1.29 is 26.7 Å². The molecule has 1 fully saturated rings. The minimum atomic E-state index is -4.52. The average Bonchev–Trinajstić information content (AvgIpc) is 2.68. The maximum Gasteiger partial charge on any atom is 0.433 e. The first kappa shape index (κ1) is 21.2. The van der Waals surface area contributed by atoms with Crippen LogP contribution in [0.3, 0.4) is 0 Å². The molecule has 1 aromatic carbocycles. The summed E-state index contributed by atoms with van der Waals surface area (Å²) in [6.45, 7) is -0.797. The van der Waals surface area contributed by atoms with Gasteiger partial charge in [0, 0.05) is 32.4 Å². The Bertz CT molecular complexity index is 800. The Kier molecular flexibility index (Phi) is 6.51. The van der Waals surface area contributed by atoms with Crippen molar-refractivity contribution in [2.75, 3.05) is 25.0 Å². The van der Waals surface area contributed by atoms with E-state index in [2.05, 4.69) is 19.6 Å². The molecular weight excluding hydrogens is 395 g/mol. The third-order valence-corrected chi connectivity index (χ3v) is 4.83. The highest BCUT2D eigenvalue weighted by atomic mass is 19.4. The molecule has 1 saturated heterocycles. The molecule has 1 unspecified atom stereocenters. The number of nitrogens with zero attached hydrogens (tertiary/aromatic N) is 4. The molecule has 1 aromatic heterocycles. The first-order chi connectivity index (χ1) is 13.7. The van der Waals surface area contributed by atoms with Crippen LogP contribution in [0.15, 0.2) is 36.5 Å². The van der Waals surface area contributed by atoms with Gasteiger partial charge in [-0.15, -0.1) is 0 Å². The van der Waals surface area contributed by atoms with Crippen molar-refractivity contribution in [1.82, 2.24) is 14.9 Å². The van der Waals surface area contributed by atoms with Crippen LogP contribution in [-0.2, 0) is 12.7 Å². The van der Waals surface area contributed by atoms with Crippen molar-refractivity contribution in [3.63, 3.8) is 0 Å². The molecule has 1 aliphatic heterocycles. The van der Waals surface area contributed by atoms with Gasteiger partial charge < -0.3 is 9.64 Å². The summed E-state index contributed by atoms with van der Waals surface area (Å²) >= 11 is 0. The molecular formula is C19H21F5N4O. The molecule has 0 aliphatic carbocycles. The van der Waals surface area contributed by atoms with E-state index < -0.39 is 18.5 Å². The quantitative estimate of drug-likeness (QED) is 0.661. The summed E-state index contributed by atoms with van der Waals surface area (Å²) in [4.78, 5) is 11.5. The van der Waals surface area contributed by atoms with Crippen molar-refractivity contribution in [2.24, 2.45) is 0 Å². The molecule has 0 spiro atoms. The second kappa shape index (κ2) is 8.89. The second-order valence-corrected chi connectivity index (χ2v) is 6.90. The number of benzene rings is 1. The van der Waals surface area contributed by atoms with Gasteiger partial charge in [-0.05, 0) is 43.1 Å². The van der Waals surface area contributed by atoms with E-state index in [1.807, 2.05) is 0 Å². The predicted octanol–water partition coefficient (Wildman–Crippen LogP) is 4.20. The van der Waals surface area contributed by atoms with Gasteiger partial charge in [0.15, 0.2) is 0 Å². The minimum absolute atomic E-state index is 0.0336. The predicted molar refractivity (Wildman–Crippen MR) is 96.8 cm³/mol. The summed E-state index contributed by atoms with van der Waals surface area (Å²) in [5.41, 5.74) is -0.0293. The van der Waals surface area contributed by atoms with Gasteiger partial charge in [0.05, 0.1) is 0 Å². The van der Waals surface area contributed by atoms with Crippen LogP contribution in [0.25, 0.3) is 0 Å². The summed E-state index contributed by atoms with van der Waals surface area (Å²) in [6, 6.07) is 7.25. The lowest BCUT2D eigenvalue weighted by Crippen LogP contribution is -2.46. The standard InChI is InChI=1S/C19H21F5N4O/c1-27(18-25-9-8-16(26-18)19(22,23)24)14-3-2-10-28(12-14)11-13-4-6-15(7-5-13)29-17(20)21/h4-9,14,17H,2-3,10-12H2,1H3. The third-order valence-electron chi connectivity index (χ3n) is 4.83. The molecule has 10 heteroatoms. The Morgan fingerprint density at radius 3 is 2.59 bits per heavy atom. The molecule has 5 nitrogen and oxygen atoms in total. The first-order valence-corrected chi connectivity index (χ1v) is 9.11. The number of likely N-dealkylation sites (N-methyl/N-ethyl adjacent to an activating group) is 1. The van der Waals surface area contributed by atoms with Crippen LogP contribution in [0.1, 0.15) is 24.1 Å². The lowest BCUT2D eigenvalue weighted by molar-refractivity contribution is -0.141. The molecule has 0 N–H and O–H groups in total. The smallest absolute Gasteiger partial charge is 0.433 e. The Morgan fingerprint density at radius 2 is 1.93 bits per heavy atom. The minimum Gasteiger partial charge on any atom is -0.435 e. The van der Waals surface area contributed by atoms with Crippen molar-refractivity contribution in [1.29, 1.82) is 0 Å². The van der Waals surface area contributed by atoms with Gasteiger partial charge in [-0.2, -0.15) is 22.0 Å². The van der Waals surface area contributed by atoms with E-state index in [-0.39, 0.29) is 17.7 Å². The van der Waals surface area contributed by atoms with E-state index in [1.165, 1.54) is 12.1 Å². The van der Waals surface area contributed by atoms with Crippen LogP contribution >= 0.6 is 0 Å². The monoisotopic (exact) mass is 416 g/mol. The fourth-order valence-electron chi connectivity index (χ4n) is 3.36. The topological polar surface area (TPSA) is 41.5 Å². The van der Waals surface area contributed by atoms with E-state index in [9.17, 15) is 22.0 Å². The van der Waals surface area contributed by atoms with Crippen molar-refractivity contribution >= 4 is 5.95 Å². The van der Waals surface area contributed by atoms with Crippen molar-refractivity contribution in [3.05, 3.63) is 47.8 Å². The van der Waals surface area contributed by atoms with Gasteiger partial charge in [0.25, 0.3) is 0 Å². The molecule has 1 aliphatic rings. The Morgan fingerprint density at radius 1 is 1.21 bits per heavy atom. The molecule has 2 aromatic rings. The van der Waals surface area contributed by atoms with Gasteiger partial charge in [-0.1, -0.05) is 12.1 Å². The highest BCUT2D eigenvalue weighted by Gasteiger charge is 2.34.